The lowest BCUT2D eigenvalue weighted by Gasteiger charge is -2.24. The number of aliphatic carboxylic acids is 1. The highest BCUT2D eigenvalue weighted by molar-refractivity contribution is 5.83. The number of carboxylic acid groups (broad SMARTS) is 1. The second-order valence-electron chi connectivity index (χ2n) is 5.18. The van der Waals surface area contributed by atoms with Crippen LogP contribution in [-0.4, -0.2) is 52.3 Å². The maximum Gasteiger partial charge on any atom is 0.326 e. The van der Waals surface area contributed by atoms with E-state index in [0.29, 0.717) is 0 Å². The van der Waals surface area contributed by atoms with E-state index in [1.807, 2.05) is 30.3 Å². The monoisotopic (exact) mass is 292 g/mol. The molecule has 114 valence electrons. The van der Waals surface area contributed by atoms with E-state index in [9.17, 15) is 14.7 Å². The van der Waals surface area contributed by atoms with Crippen molar-refractivity contribution in [2.24, 2.45) is 0 Å². The van der Waals surface area contributed by atoms with Gasteiger partial charge in [-0.15, -0.1) is 0 Å². The molecule has 0 heterocycles. The number of aliphatic hydroxyl groups is 1. The van der Waals surface area contributed by atoms with Crippen molar-refractivity contribution in [2.45, 2.75) is 31.3 Å². The Morgan fingerprint density at radius 1 is 1.29 bits per heavy atom. The molecule has 0 aromatic heterocycles. The lowest BCUT2D eigenvalue weighted by molar-refractivity contribution is -0.139. The van der Waals surface area contributed by atoms with E-state index in [4.69, 9.17) is 5.11 Å². The number of nitrogens with zero attached hydrogens (tertiary/aromatic N) is 1. The van der Waals surface area contributed by atoms with Crippen LogP contribution in [0.4, 0.5) is 4.79 Å². The largest absolute Gasteiger partial charge is 0.480 e. The van der Waals surface area contributed by atoms with E-state index in [2.05, 4.69) is 5.32 Å². The number of carbonyl (C=O) groups excluding carboxylic acids is 1. The average molecular weight is 292 g/mol. The minimum absolute atomic E-state index is 0.125. The minimum atomic E-state index is -1.06. The van der Waals surface area contributed by atoms with Gasteiger partial charge in [0.05, 0.1) is 6.61 Å². The van der Waals surface area contributed by atoms with Crippen LogP contribution >= 0.6 is 0 Å². The molecule has 0 spiro atoms. The molecule has 1 aliphatic carbocycles. The van der Waals surface area contributed by atoms with E-state index < -0.39 is 18.0 Å². The summed E-state index contributed by atoms with van der Waals surface area (Å²) >= 11 is 0. The van der Waals surface area contributed by atoms with Crippen molar-refractivity contribution in [3.63, 3.8) is 0 Å². The molecule has 1 aliphatic rings. The highest BCUT2D eigenvalue weighted by atomic mass is 16.4. The van der Waals surface area contributed by atoms with E-state index >= 15 is 0 Å². The van der Waals surface area contributed by atoms with Gasteiger partial charge in [-0.1, -0.05) is 30.3 Å². The zero-order valence-electron chi connectivity index (χ0n) is 11.7. The second kappa shape index (κ2) is 7.08. The second-order valence-corrected chi connectivity index (χ2v) is 5.18. The van der Waals surface area contributed by atoms with Gasteiger partial charge in [0.25, 0.3) is 0 Å². The predicted molar refractivity (Wildman–Crippen MR) is 76.9 cm³/mol. The van der Waals surface area contributed by atoms with Gasteiger partial charge in [0, 0.05) is 19.0 Å². The maximum absolute atomic E-state index is 12.2. The van der Waals surface area contributed by atoms with Gasteiger partial charge in [-0.3, -0.25) is 0 Å². The summed E-state index contributed by atoms with van der Waals surface area (Å²) in [4.78, 5) is 25.0. The van der Waals surface area contributed by atoms with E-state index in [1.165, 1.54) is 4.90 Å². The van der Waals surface area contributed by atoms with E-state index in [-0.39, 0.29) is 25.6 Å². The van der Waals surface area contributed by atoms with Crippen molar-refractivity contribution in [1.29, 1.82) is 0 Å². The lowest BCUT2D eigenvalue weighted by Crippen LogP contribution is -2.50. The standard InChI is InChI=1S/C15H20N2O4/c18-9-8-17(12-6-7-12)15(21)16-13(14(19)20)10-11-4-2-1-3-5-11/h1-5,12-13,18H,6-10H2,(H,16,21)(H,19,20)/t13-/m1/s1. The van der Waals surface area contributed by atoms with Gasteiger partial charge in [0.2, 0.25) is 0 Å². The smallest absolute Gasteiger partial charge is 0.326 e. The highest BCUT2D eigenvalue weighted by Gasteiger charge is 2.33. The van der Waals surface area contributed by atoms with Crippen molar-refractivity contribution in [2.75, 3.05) is 13.2 Å². The molecule has 6 nitrogen and oxygen atoms in total. The number of amides is 2. The molecule has 1 saturated carbocycles. The number of hydrogen-bond acceptors (Lipinski definition) is 3. The van der Waals surface area contributed by atoms with Gasteiger partial charge >= 0.3 is 12.0 Å². The quantitative estimate of drug-likeness (QED) is 0.695. The van der Waals surface area contributed by atoms with Crippen LogP contribution in [0, 0.1) is 0 Å². The van der Waals surface area contributed by atoms with Gasteiger partial charge in [-0.2, -0.15) is 0 Å². The number of urea groups is 1. The van der Waals surface area contributed by atoms with Gasteiger partial charge in [0.1, 0.15) is 6.04 Å². The number of hydrogen-bond donors (Lipinski definition) is 3. The molecule has 1 fully saturated rings. The number of rotatable bonds is 7. The molecule has 1 aromatic carbocycles. The first-order chi connectivity index (χ1) is 10.1. The summed E-state index contributed by atoms with van der Waals surface area (Å²) in [7, 11) is 0. The molecule has 0 saturated heterocycles. The topological polar surface area (TPSA) is 89.9 Å². The molecule has 2 amide bonds. The predicted octanol–water partition coefficient (Wildman–Crippen LogP) is 0.849. The van der Waals surface area contributed by atoms with Crippen LogP contribution in [0.1, 0.15) is 18.4 Å². The molecule has 1 aromatic rings. The molecule has 1 atom stereocenters. The van der Waals surface area contributed by atoms with Gasteiger partial charge in [-0.05, 0) is 18.4 Å². The fourth-order valence-electron chi connectivity index (χ4n) is 2.23. The molecule has 21 heavy (non-hydrogen) atoms. The Labute approximate surface area is 123 Å². The fourth-order valence-corrected chi connectivity index (χ4v) is 2.23. The van der Waals surface area contributed by atoms with E-state index in [1.54, 1.807) is 0 Å². The molecule has 6 heteroatoms. The van der Waals surface area contributed by atoms with Gasteiger partial charge in [0.15, 0.2) is 0 Å². The molecule has 0 aliphatic heterocycles. The highest BCUT2D eigenvalue weighted by Crippen LogP contribution is 2.26. The first kappa shape index (κ1) is 15.3. The Hall–Kier alpha value is -2.08. The molecular weight excluding hydrogens is 272 g/mol. The molecular formula is C15H20N2O4. The summed E-state index contributed by atoms with van der Waals surface area (Å²) in [5.74, 6) is -1.06. The zero-order chi connectivity index (χ0) is 15.2. The first-order valence-corrected chi connectivity index (χ1v) is 7.06. The Morgan fingerprint density at radius 2 is 1.95 bits per heavy atom. The number of carbonyl (C=O) groups is 2. The van der Waals surface area contributed by atoms with Crippen LogP contribution in [0.5, 0.6) is 0 Å². The van der Waals surface area contributed by atoms with Crippen LogP contribution in [0.3, 0.4) is 0 Å². The third kappa shape index (κ3) is 4.46. The van der Waals surface area contributed by atoms with Crippen LogP contribution in [0.15, 0.2) is 30.3 Å². The number of benzene rings is 1. The van der Waals surface area contributed by atoms with Crippen molar-refractivity contribution in [3.05, 3.63) is 35.9 Å². The molecule has 3 N–H and O–H groups in total. The Bertz CT molecular complexity index is 488. The summed E-state index contributed by atoms with van der Waals surface area (Å²) in [6, 6.07) is 7.91. The zero-order valence-corrected chi connectivity index (χ0v) is 11.7. The normalized spacial score (nSPS) is 15.3. The summed E-state index contributed by atoms with van der Waals surface area (Å²) in [6.07, 6.45) is 2.05. The van der Waals surface area contributed by atoms with Crippen molar-refractivity contribution < 1.29 is 19.8 Å². The average Bonchev–Trinajstić information content (AvgIpc) is 3.29. The van der Waals surface area contributed by atoms with Crippen LogP contribution in [-0.2, 0) is 11.2 Å². The summed E-state index contributed by atoms with van der Waals surface area (Å²) in [5.41, 5.74) is 0.852. The third-order valence-corrected chi connectivity index (χ3v) is 3.47. The Kier molecular flexibility index (Phi) is 5.16. The van der Waals surface area contributed by atoms with Gasteiger partial charge in [-0.25, -0.2) is 9.59 Å². The van der Waals surface area contributed by atoms with Gasteiger partial charge < -0.3 is 20.4 Å². The maximum atomic E-state index is 12.2. The Morgan fingerprint density at radius 3 is 2.48 bits per heavy atom. The first-order valence-electron chi connectivity index (χ1n) is 7.06. The lowest BCUT2D eigenvalue weighted by atomic mass is 10.1. The number of aliphatic hydroxyl groups excluding tert-OH is 1. The fraction of sp³-hybridized carbons (Fsp3) is 0.467. The molecule has 0 radical (unpaired) electrons. The molecule has 2 rings (SSSR count). The minimum Gasteiger partial charge on any atom is -0.480 e. The number of carboxylic acids is 1. The summed E-state index contributed by atoms with van der Waals surface area (Å²) in [6.45, 7) is 0.106. The summed E-state index contributed by atoms with van der Waals surface area (Å²) < 4.78 is 0. The van der Waals surface area contributed by atoms with Crippen LogP contribution < -0.4 is 5.32 Å². The van der Waals surface area contributed by atoms with Crippen molar-refractivity contribution in [1.82, 2.24) is 10.2 Å². The van der Waals surface area contributed by atoms with Crippen molar-refractivity contribution in [3.8, 4) is 0 Å². The molecule has 0 unspecified atom stereocenters. The van der Waals surface area contributed by atoms with E-state index in [0.717, 1.165) is 18.4 Å². The summed E-state index contributed by atoms with van der Waals surface area (Å²) in [5, 5.41) is 20.8. The third-order valence-electron chi connectivity index (χ3n) is 3.47. The SMILES string of the molecule is O=C(O)[C@@H](Cc1ccccc1)NC(=O)N(CCO)C1CC1. The Balaban J connectivity index is 1.98. The number of nitrogens with one attached hydrogen (secondary N) is 1. The molecule has 0 bridgehead atoms. The van der Waals surface area contributed by atoms with Crippen LogP contribution in [0.25, 0.3) is 0 Å². The van der Waals surface area contributed by atoms with Crippen molar-refractivity contribution >= 4 is 12.0 Å². The van der Waals surface area contributed by atoms with Crippen LogP contribution in [0.2, 0.25) is 0 Å².